The van der Waals surface area contributed by atoms with Crippen molar-refractivity contribution in [2.75, 3.05) is 26.7 Å². The van der Waals surface area contributed by atoms with Crippen LogP contribution >= 0.6 is 0 Å². The van der Waals surface area contributed by atoms with Gasteiger partial charge in [-0.25, -0.2) is 0 Å². The molecule has 0 heterocycles. The first-order chi connectivity index (χ1) is 20.0. The van der Waals surface area contributed by atoms with Crippen LogP contribution < -0.4 is 5.32 Å². The highest BCUT2D eigenvalue weighted by molar-refractivity contribution is 5.96. The van der Waals surface area contributed by atoms with Crippen molar-refractivity contribution in [1.29, 1.82) is 0 Å². The molecule has 2 rings (SSSR count). The van der Waals surface area contributed by atoms with Gasteiger partial charge in [-0.15, -0.1) is 0 Å². The van der Waals surface area contributed by atoms with E-state index in [-0.39, 0.29) is 5.70 Å². The third kappa shape index (κ3) is 11.7. The number of benzene rings is 1. The number of aliphatic imine (C=N–C) groups is 2. The number of amides is 1. The minimum Gasteiger partial charge on any atom is -0.322 e. The number of aryl methyl sites for hydroxylation is 1. The Balaban J connectivity index is 2.19. The van der Waals surface area contributed by atoms with Crippen LogP contribution in [0.15, 0.2) is 76.0 Å². The summed E-state index contributed by atoms with van der Waals surface area (Å²) < 4.78 is 42.3. The second-order valence-electron chi connectivity index (χ2n) is 10.4. The summed E-state index contributed by atoms with van der Waals surface area (Å²) in [6.07, 6.45) is 9.68. The normalized spacial score (nSPS) is 18.0. The number of nitrogens with zero attached hydrogens (tertiary/aromatic N) is 3. The van der Waals surface area contributed by atoms with E-state index in [1.807, 2.05) is 33.8 Å². The number of halogens is 3. The lowest BCUT2D eigenvalue weighted by atomic mass is 9.86. The van der Waals surface area contributed by atoms with E-state index in [2.05, 4.69) is 39.0 Å². The van der Waals surface area contributed by atoms with E-state index in [1.165, 1.54) is 0 Å². The highest BCUT2D eigenvalue weighted by atomic mass is 19.4. The number of hydrogen-bond donors (Lipinski definition) is 1. The van der Waals surface area contributed by atoms with E-state index < -0.39 is 23.9 Å². The zero-order valence-corrected chi connectivity index (χ0v) is 25.6. The van der Waals surface area contributed by atoms with Gasteiger partial charge in [-0.3, -0.25) is 14.8 Å². The van der Waals surface area contributed by atoms with Gasteiger partial charge in [0, 0.05) is 60.0 Å². The van der Waals surface area contributed by atoms with Crippen LogP contribution in [0.4, 0.5) is 13.2 Å². The fourth-order valence-electron chi connectivity index (χ4n) is 4.41. The number of nitrogens with one attached hydrogen (secondary N) is 1. The molecule has 1 aromatic carbocycles. The topological polar surface area (TPSA) is 57.1 Å². The second kappa shape index (κ2) is 17.3. The molecule has 1 aromatic rings. The molecule has 0 aromatic heterocycles. The molecule has 1 aliphatic carbocycles. The van der Waals surface area contributed by atoms with Crippen LogP contribution in [0.5, 0.6) is 0 Å². The van der Waals surface area contributed by atoms with Gasteiger partial charge in [0.25, 0.3) is 5.91 Å². The van der Waals surface area contributed by atoms with Crippen LogP contribution in [0, 0.1) is 30.6 Å². The largest absolute Gasteiger partial charge is 0.395 e. The molecule has 0 saturated heterocycles. The number of unbranched alkanes of at least 4 members (excludes halogenated alkanes) is 1. The number of carbonyl (C=O) groups excluding carboxylic acids is 1. The van der Waals surface area contributed by atoms with E-state index in [9.17, 15) is 18.0 Å². The van der Waals surface area contributed by atoms with Crippen molar-refractivity contribution >= 4 is 17.8 Å². The summed E-state index contributed by atoms with van der Waals surface area (Å²) in [6.45, 7) is 11.6. The first-order valence-corrected chi connectivity index (χ1v) is 14.4. The molecule has 0 radical (unpaired) electrons. The van der Waals surface area contributed by atoms with E-state index in [0.29, 0.717) is 17.7 Å². The van der Waals surface area contributed by atoms with Gasteiger partial charge in [-0.2, -0.15) is 13.2 Å². The Morgan fingerprint density at radius 1 is 1.17 bits per heavy atom. The van der Waals surface area contributed by atoms with Gasteiger partial charge >= 0.3 is 6.18 Å². The van der Waals surface area contributed by atoms with E-state index in [4.69, 9.17) is 0 Å². The SMILES string of the molecule is CCCCN(CCC)CC1C=CC(NC(=O)c2ccc(C)c(C#C/C(C)=C/N=C(C)/C=C\C=NC)c2)=CC1C(F)(F)F. The van der Waals surface area contributed by atoms with Gasteiger partial charge in [-0.1, -0.05) is 44.3 Å². The van der Waals surface area contributed by atoms with Crippen molar-refractivity contribution in [3.63, 3.8) is 0 Å². The van der Waals surface area contributed by atoms with Crippen molar-refractivity contribution in [3.8, 4) is 11.8 Å². The summed E-state index contributed by atoms with van der Waals surface area (Å²) in [7, 11) is 1.69. The number of rotatable bonds is 12. The monoisotopic (exact) mass is 580 g/mol. The fraction of sp³-hybridized carbons (Fsp3) is 0.441. The van der Waals surface area contributed by atoms with Crippen molar-refractivity contribution in [3.05, 3.63) is 82.7 Å². The minimum atomic E-state index is -4.42. The Morgan fingerprint density at radius 3 is 2.60 bits per heavy atom. The predicted molar refractivity (Wildman–Crippen MR) is 168 cm³/mol. The Hall–Kier alpha value is -3.70. The zero-order chi connectivity index (χ0) is 31.1. The highest BCUT2D eigenvalue weighted by Gasteiger charge is 2.44. The molecule has 0 spiro atoms. The first-order valence-electron chi connectivity index (χ1n) is 14.4. The molecular formula is C34H43F3N4O. The zero-order valence-electron chi connectivity index (χ0n) is 25.6. The summed E-state index contributed by atoms with van der Waals surface area (Å²) in [5.41, 5.74) is 3.53. The molecule has 1 aliphatic rings. The molecule has 1 amide bonds. The maximum Gasteiger partial charge on any atom is 0.395 e. The molecule has 2 atom stereocenters. The molecule has 5 nitrogen and oxygen atoms in total. The molecule has 8 heteroatoms. The quantitative estimate of drug-likeness (QED) is 0.206. The summed E-state index contributed by atoms with van der Waals surface area (Å²) in [4.78, 5) is 23.4. The summed E-state index contributed by atoms with van der Waals surface area (Å²) in [6, 6.07) is 5.07. The Labute approximate surface area is 249 Å². The summed E-state index contributed by atoms with van der Waals surface area (Å²) >= 11 is 0. The Bertz CT molecular complexity index is 1310. The lowest BCUT2D eigenvalue weighted by molar-refractivity contribution is -0.172. The maximum absolute atomic E-state index is 14.1. The van der Waals surface area contributed by atoms with Crippen LogP contribution in [-0.4, -0.2) is 55.6 Å². The minimum absolute atomic E-state index is 0.147. The van der Waals surface area contributed by atoms with E-state index in [1.54, 1.807) is 55.9 Å². The van der Waals surface area contributed by atoms with Gasteiger partial charge in [0.05, 0.1) is 5.92 Å². The molecule has 0 fully saturated rings. The number of alkyl halides is 3. The van der Waals surface area contributed by atoms with Gasteiger partial charge in [-0.05, 0) is 88.7 Å². The first kappa shape index (κ1) is 34.5. The molecule has 42 heavy (non-hydrogen) atoms. The molecule has 2 unspecified atom stereocenters. The molecule has 0 saturated carbocycles. The number of hydrogen-bond acceptors (Lipinski definition) is 4. The molecule has 0 aliphatic heterocycles. The Morgan fingerprint density at radius 2 is 1.93 bits per heavy atom. The van der Waals surface area contributed by atoms with E-state index in [0.717, 1.165) is 55.3 Å². The standard InChI is InChI=1S/C34H43F3N4O/c1-7-9-20-41(19-8-2)24-30-16-17-31(22-32(30)34(35,36)37)40-33(42)29-15-13-26(4)28(21-29)14-12-25(3)23-39-27(5)11-10-18-38-6/h10-11,13,15-18,21-23,30,32H,7-9,19-20,24H2,1-6H3,(H,40,42)/b11-10-,25-23+,38-18?,39-27+. The highest BCUT2D eigenvalue weighted by Crippen LogP contribution is 2.37. The van der Waals surface area contributed by atoms with Crippen molar-refractivity contribution in [2.45, 2.75) is 60.1 Å². The molecule has 0 bridgehead atoms. The van der Waals surface area contributed by atoms with Crippen LogP contribution in [0.3, 0.4) is 0 Å². The van der Waals surface area contributed by atoms with Crippen LogP contribution in [0.25, 0.3) is 0 Å². The van der Waals surface area contributed by atoms with Gasteiger partial charge in [0.15, 0.2) is 0 Å². The predicted octanol–water partition coefficient (Wildman–Crippen LogP) is 7.46. The van der Waals surface area contributed by atoms with Gasteiger partial charge < -0.3 is 10.2 Å². The molecule has 226 valence electrons. The maximum atomic E-state index is 14.1. The summed E-state index contributed by atoms with van der Waals surface area (Å²) in [5.74, 6) is 3.25. The lowest BCUT2D eigenvalue weighted by Gasteiger charge is -2.32. The van der Waals surface area contributed by atoms with Crippen LogP contribution in [0.2, 0.25) is 0 Å². The van der Waals surface area contributed by atoms with Crippen molar-refractivity contribution in [1.82, 2.24) is 10.2 Å². The smallest absolute Gasteiger partial charge is 0.322 e. The second-order valence-corrected chi connectivity index (χ2v) is 10.4. The molecule has 1 N–H and O–H groups in total. The number of allylic oxidation sites excluding steroid dienone is 5. The molecular weight excluding hydrogens is 537 g/mol. The third-order valence-corrected chi connectivity index (χ3v) is 6.74. The average molecular weight is 581 g/mol. The van der Waals surface area contributed by atoms with Crippen molar-refractivity contribution in [2.24, 2.45) is 21.8 Å². The van der Waals surface area contributed by atoms with Crippen LogP contribution in [0.1, 0.15) is 68.4 Å². The number of carbonyl (C=O) groups is 1. The van der Waals surface area contributed by atoms with E-state index >= 15 is 0 Å². The lowest BCUT2D eigenvalue weighted by Crippen LogP contribution is -2.39. The van der Waals surface area contributed by atoms with Gasteiger partial charge in [0.1, 0.15) is 0 Å². The van der Waals surface area contributed by atoms with Crippen molar-refractivity contribution < 1.29 is 18.0 Å². The average Bonchev–Trinajstić information content (AvgIpc) is 2.94. The Kier molecular flexibility index (Phi) is 14.2. The fourth-order valence-corrected chi connectivity index (χ4v) is 4.41. The summed E-state index contributed by atoms with van der Waals surface area (Å²) in [5, 5.41) is 2.66. The van der Waals surface area contributed by atoms with Gasteiger partial charge in [0.2, 0.25) is 0 Å². The third-order valence-electron chi connectivity index (χ3n) is 6.74. The van der Waals surface area contributed by atoms with Crippen LogP contribution in [-0.2, 0) is 0 Å².